The van der Waals surface area contributed by atoms with Gasteiger partial charge < -0.3 is 24.8 Å². The zero-order valence-corrected chi connectivity index (χ0v) is 23.8. The molecule has 218 valence electrons. The predicted octanol–water partition coefficient (Wildman–Crippen LogP) is 5.98. The molecule has 0 bridgehead atoms. The molecule has 2 heterocycles. The highest BCUT2D eigenvalue weighted by Gasteiger charge is 2.65. The van der Waals surface area contributed by atoms with Crippen LogP contribution in [0.2, 0.25) is 0 Å². The van der Waals surface area contributed by atoms with Crippen LogP contribution in [0.1, 0.15) is 13.8 Å². The number of pyridine rings is 1. The van der Waals surface area contributed by atoms with E-state index >= 15 is 4.39 Å². The summed E-state index contributed by atoms with van der Waals surface area (Å²) in [7, 11) is 3.05. The third kappa shape index (κ3) is 5.25. The molecule has 5 aromatic rings. The number of ether oxygens (including phenoxy) is 3. The Bertz CT molecular complexity index is 1900. The molecule has 1 aliphatic rings. The Balaban J connectivity index is 1.14. The van der Waals surface area contributed by atoms with Gasteiger partial charge in [0.05, 0.1) is 42.6 Å². The van der Waals surface area contributed by atoms with Crippen LogP contribution in [0.25, 0.3) is 21.9 Å². The lowest BCUT2D eigenvalue weighted by Gasteiger charge is -2.13. The molecule has 1 aliphatic carbocycles. The van der Waals surface area contributed by atoms with Crippen LogP contribution in [0.4, 0.5) is 15.8 Å². The molecular formula is C32H28FN5O5. The number of aromatic nitrogens is 3. The number of nitrogens with zero attached hydrogens (tertiary/aromatic N) is 3. The Morgan fingerprint density at radius 2 is 1.30 bits per heavy atom. The smallest absolute Gasteiger partial charge is 0.228 e. The molecule has 2 atom stereocenters. The first-order valence-corrected chi connectivity index (χ1v) is 13.5. The summed E-state index contributed by atoms with van der Waals surface area (Å²) in [6, 6.07) is 14.4. The monoisotopic (exact) mass is 581 g/mol. The molecule has 2 aromatic heterocycles. The number of rotatable bonds is 8. The number of halogens is 1. The largest absolute Gasteiger partial charge is 0.493 e. The normalized spacial score (nSPS) is 16.9. The number of nitrogens with one attached hydrogen (secondary N) is 2. The lowest BCUT2D eigenvalue weighted by molar-refractivity contribution is -0.122. The Morgan fingerprint density at radius 1 is 0.698 bits per heavy atom. The van der Waals surface area contributed by atoms with Crippen LogP contribution in [0.15, 0.2) is 73.2 Å². The molecule has 1 saturated carbocycles. The van der Waals surface area contributed by atoms with Gasteiger partial charge in [-0.25, -0.2) is 4.39 Å². The van der Waals surface area contributed by atoms with Crippen LogP contribution in [0.5, 0.6) is 23.0 Å². The van der Waals surface area contributed by atoms with E-state index in [1.165, 1.54) is 26.4 Å². The summed E-state index contributed by atoms with van der Waals surface area (Å²) in [5.74, 6) is -1.16. The fraction of sp³-hybridized carbons (Fsp3) is 0.219. The molecule has 11 heteroatoms. The number of methoxy groups -OCH3 is 2. The number of hydrogen-bond acceptors (Lipinski definition) is 8. The second-order valence-corrected chi connectivity index (χ2v) is 10.8. The van der Waals surface area contributed by atoms with Gasteiger partial charge in [0.2, 0.25) is 11.8 Å². The number of benzene rings is 3. The molecule has 10 nitrogen and oxygen atoms in total. The van der Waals surface area contributed by atoms with Crippen molar-refractivity contribution in [1.29, 1.82) is 0 Å². The average Bonchev–Trinajstić information content (AvgIpc) is 3.59. The molecule has 0 saturated heterocycles. The van der Waals surface area contributed by atoms with Gasteiger partial charge in [0.15, 0.2) is 23.1 Å². The highest BCUT2D eigenvalue weighted by molar-refractivity contribution is 6.05. The maximum absolute atomic E-state index is 15.2. The molecule has 0 aliphatic heterocycles. The quantitative estimate of drug-likeness (QED) is 0.230. The zero-order valence-electron chi connectivity index (χ0n) is 23.8. The summed E-state index contributed by atoms with van der Waals surface area (Å²) in [4.78, 5) is 39.1. The summed E-state index contributed by atoms with van der Waals surface area (Å²) in [5, 5.41) is 6.24. The zero-order chi connectivity index (χ0) is 30.3. The number of carbonyl (C=O) groups is 2. The van der Waals surface area contributed by atoms with Crippen LogP contribution in [0.3, 0.4) is 0 Å². The molecule has 0 spiro atoms. The van der Waals surface area contributed by atoms with Crippen LogP contribution in [-0.4, -0.2) is 41.0 Å². The van der Waals surface area contributed by atoms with E-state index < -0.39 is 23.1 Å². The first kappa shape index (κ1) is 27.8. The van der Waals surface area contributed by atoms with Crippen molar-refractivity contribution >= 4 is 45.1 Å². The molecular weight excluding hydrogens is 553 g/mol. The SMILES string of the molecule is COc1cc2nccc(Oc3ccc(NC(=O)C4C(C(=O)Nc5ccc6nccnc6c5)C4(C)C)cc3F)c2cc1OC. The molecule has 2 unspecified atom stereocenters. The molecule has 2 amide bonds. The number of hydrogen-bond donors (Lipinski definition) is 2. The third-order valence-electron chi connectivity index (χ3n) is 7.76. The van der Waals surface area contributed by atoms with Crippen LogP contribution < -0.4 is 24.8 Å². The van der Waals surface area contributed by atoms with Gasteiger partial charge in [-0.2, -0.15) is 0 Å². The van der Waals surface area contributed by atoms with Crippen molar-refractivity contribution in [2.75, 3.05) is 24.9 Å². The fourth-order valence-corrected chi connectivity index (χ4v) is 5.41. The molecule has 2 N–H and O–H groups in total. The van der Waals surface area contributed by atoms with Gasteiger partial charge in [-0.05, 0) is 47.9 Å². The van der Waals surface area contributed by atoms with E-state index in [4.69, 9.17) is 14.2 Å². The van der Waals surface area contributed by atoms with Gasteiger partial charge in [-0.15, -0.1) is 0 Å². The Labute approximate surface area is 246 Å². The van der Waals surface area contributed by atoms with Crippen LogP contribution >= 0.6 is 0 Å². The van der Waals surface area contributed by atoms with Gasteiger partial charge >= 0.3 is 0 Å². The number of amides is 2. The van der Waals surface area contributed by atoms with Crippen molar-refractivity contribution in [3.05, 3.63) is 79.0 Å². The lowest BCUT2D eigenvalue weighted by atomic mass is 10.1. The highest BCUT2D eigenvalue weighted by Crippen LogP contribution is 2.59. The molecule has 43 heavy (non-hydrogen) atoms. The Hall–Kier alpha value is -5.32. The van der Waals surface area contributed by atoms with Gasteiger partial charge in [0.25, 0.3) is 0 Å². The van der Waals surface area contributed by atoms with Crippen molar-refractivity contribution < 1.29 is 28.2 Å². The molecule has 3 aromatic carbocycles. The topological polar surface area (TPSA) is 125 Å². The van der Waals surface area contributed by atoms with E-state index in [0.29, 0.717) is 44.9 Å². The first-order valence-electron chi connectivity index (χ1n) is 13.5. The fourth-order valence-electron chi connectivity index (χ4n) is 5.41. The summed E-state index contributed by atoms with van der Waals surface area (Å²) in [5.41, 5.74) is 2.17. The summed E-state index contributed by atoms with van der Waals surface area (Å²) in [6.07, 6.45) is 4.73. The van der Waals surface area contributed by atoms with E-state index in [-0.39, 0.29) is 23.3 Å². The van der Waals surface area contributed by atoms with Crippen molar-refractivity contribution in [3.8, 4) is 23.0 Å². The highest BCUT2D eigenvalue weighted by atomic mass is 19.1. The standard InChI is InChI=1S/C32H28FN5O5/c1-32(2)28(29(32)31(40)38-18-5-7-21-23(14-18)36-12-11-35-21)30(39)37-17-6-8-25(20(33)13-17)43-24-9-10-34-22-16-27(42-4)26(41-3)15-19(22)24/h5-16,28-29H,1-4H3,(H,37,39)(H,38,40). The minimum Gasteiger partial charge on any atom is -0.493 e. The number of fused-ring (bicyclic) bond motifs is 2. The average molecular weight is 582 g/mol. The second kappa shape index (κ2) is 10.8. The van der Waals surface area contributed by atoms with Crippen molar-refractivity contribution in [3.63, 3.8) is 0 Å². The van der Waals surface area contributed by atoms with Gasteiger partial charge in [0.1, 0.15) is 5.75 Å². The Kier molecular flexibility index (Phi) is 7.01. The van der Waals surface area contributed by atoms with Crippen molar-refractivity contribution in [2.45, 2.75) is 13.8 Å². The van der Waals surface area contributed by atoms with Gasteiger partial charge in [-0.1, -0.05) is 13.8 Å². The summed E-state index contributed by atoms with van der Waals surface area (Å²) in [6.45, 7) is 3.71. The summed E-state index contributed by atoms with van der Waals surface area (Å²) < 4.78 is 31.8. The van der Waals surface area contributed by atoms with E-state index in [1.54, 1.807) is 61.1 Å². The Morgan fingerprint density at radius 3 is 1.98 bits per heavy atom. The van der Waals surface area contributed by atoms with E-state index in [2.05, 4.69) is 25.6 Å². The van der Waals surface area contributed by atoms with E-state index in [1.807, 2.05) is 13.8 Å². The maximum Gasteiger partial charge on any atom is 0.228 e. The number of carbonyl (C=O) groups excluding carboxylic acids is 2. The first-order chi connectivity index (χ1) is 20.7. The molecule has 0 radical (unpaired) electrons. The number of anilines is 2. The molecule has 6 rings (SSSR count). The predicted molar refractivity (Wildman–Crippen MR) is 159 cm³/mol. The lowest BCUT2D eigenvalue weighted by Crippen LogP contribution is -2.20. The van der Waals surface area contributed by atoms with E-state index in [0.717, 1.165) is 0 Å². The third-order valence-corrected chi connectivity index (χ3v) is 7.76. The van der Waals surface area contributed by atoms with Crippen LogP contribution in [-0.2, 0) is 9.59 Å². The minimum atomic E-state index is -0.674. The molecule has 1 fully saturated rings. The maximum atomic E-state index is 15.2. The summed E-state index contributed by atoms with van der Waals surface area (Å²) >= 11 is 0. The second-order valence-electron chi connectivity index (χ2n) is 10.8. The minimum absolute atomic E-state index is 0.0376. The van der Waals surface area contributed by atoms with Crippen LogP contribution in [0, 0.1) is 23.1 Å². The van der Waals surface area contributed by atoms with Crippen molar-refractivity contribution in [2.24, 2.45) is 17.3 Å². The van der Waals surface area contributed by atoms with E-state index in [9.17, 15) is 9.59 Å². The van der Waals surface area contributed by atoms with Gasteiger partial charge in [0, 0.05) is 47.5 Å². The van der Waals surface area contributed by atoms with Crippen molar-refractivity contribution in [1.82, 2.24) is 15.0 Å². The van der Waals surface area contributed by atoms with Gasteiger partial charge in [-0.3, -0.25) is 24.5 Å².